The molecule has 0 bridgehead atoms. The van der Waals surface area contributed by atoms with Crippen molar-refractivity contribution >= 4 is 28.5 Å². The Hall–Kier alpha value is -0.590. The van der Waals surface area contributed by atoms with Crippen molar-refractivity contribution in [2.24, 2.45) is 5.92 Å². The second-order valence-electron chi connectivity index (χ2n) is 3.60. The molecule has 0 saturated heterocycles. The minimum absolute atomic E-state index is 0.0522. The van der Waals surface area contributed by atoms with E-state index in [1.165, 1.54) is 12.8 Å². The van der Waals surface area contributed by atoms with E-state index in [-0.39, 0.29) is 5.91 Å². The normalized spacial score (nSPS) is 15.5. The Morgan fingerprint density at radius 1 is 1.71 bits per heavy atom. The van der Waals surface area contributed by atoms with Crippen LogP contribution in [0.4, 0.5) is 0 Å². The van der Waals surface area contributed by atoms with Crippen LogP contribution >= 0.6 is 22.6 Å². The Balaban J connectivity index is 1.75. The van der Waals surface area contributed by atoms with Gasteiger partial charge in [-0.25, -0.2) is 0 Å². The van der Waals surface area contributed by atoms with Crippen LogP contribution in [-0.2, 0) is 11.3 Å². The number of nitrogens with zero attached hydrogens (tertiary/aromatic N) is 2. The van der Waals surface area contributed by atoms with E-state index in [1.54, 1.807) is 10.9 Å². The molecule has 1 aliphatic rings. The summed E-state index contributed by atoms with van der Waals surface area (Å²) in [5.41, 5.74) is 0. The van der Waals surface area contributed by atoms with Crippen molar-refractivity contribution in [1.82, 2.24) is 15.1 Å². The highest BCUT2D eigenvalue weighted by molar-refractivity contribution is 14.1. The minimum Gasteiger partial charge on any atom is -0.354 e. The first kappa shape index (κ1) is 9.95. The summed E-state index contributed by atoms with van der Waals surface area (Å²) in [4.78, 5) is 11.4. The van der Waals surface area contributed by atoms with Crippen molar-refractivity contribution in [3.63, 3.8) is 0 Å². The summed E-state index contributed by atoms with van der Waals surface area (Å²) in [5, 5.41) is 6.95. The lowest BCUT2D eigenvalue weighted by molar-refractivity contribution is -0.121. The summed E-state index contributed by atoms with van der Waals surface area (Å²) in [5.74, 6) is 0.785. The zero-order valence-corrected chi connectivity index (χ0v) is 9.90. The molecule has 1 fully saturated rings. The number of halogens is 1. The van der Waals surface area contributed by atoms with E-state index in [0.29, 0.717) is 6.54 Å². The van der Waals surface area contributed by atoms with Gasteiger partial charge in [-0.05, 0) is 41.4 Å². The van der Waals surface area contributed by atoms with Gasteiger partial charge in [0, 0.05) is 12.7 Å². The number of nitrogens with one attached hydrogen (secondary N) is 1. The molecule has 0 unspecified atom stereocenters. The van der Waals surface area contributed by atoms with Gasteiger partial charge in [-0.1, -0.05) is 0 Å². The second kappa shape index (κ2) is 4.29. The van der Waals surface area contributed by atoms with E-state index in [0.717, 1.165) is 16.0 Å². The first-order chi connectivity index (χ1) is 6.74. The molecule has 0 radical (unpaired) electrons. The highest BCUT2D eigenvalue weighted by Crippen LogP contribution is 2.27. The summed E-state index contributed by atoms with van der Waals surface area (Å²) in [7, 11) is 0. The molecule has 1 aromatic heterocycles. The summed E-state index contributed by atoms with van der Waals surface area (Å²) in [6, 6.07) is 0. The maximum absolute atomic E-state index is 11.4. The molecular formula is C9H12IN3O. The molecule has 1 aromatic rings. The average molecular weight is 305 g/mol. The molecule has 2 rings (SSSR count). The Bertz CT molecular complexity index is 333. The maximum atomic E-state index is 11.4. The standard InChI is InChI=1S/C9H12IN3O/c10-8-4-12-13(5-8)6-9(14)11-3-7-1-2-7/h4-5,7H,1-3,6H2,(H,11,14). The predicted molar refractivity (Wildman–Crippen MR) is 60.7 cm³/mol. The van der Waals surface area contributed by atoms with Crippen LogP contribution in [0.3, 0.4) is 0 Å². The minimum atomic E-state index is 0.0522. The molecule has 14 heavy (non-hydrogen) atoms. The highest BCUT2D eigenvalue weighted by atomic mass is 127. The van der Waals surface area contributed by atoms with Gasteiger partial charge >= 0.3 is 0 Å². The molecule has 1 amide bonds. The van der Waals surface area contributed by atoms with Crippen molar-refractivity contribution in [1.29, 1.82) is 0 Å². The van der Waals surface area contributed by atoms with Gasteiger partial charge in [-0.15, -0.1) is 0 Å². The average Bonchev–Trinajstić information content (AvgIpc) is 2.88. The number of hydrogen-bond donors (Lipinski definition) is 1. The zero-order valence-electron chi connectivity index (χ0n) is 7.74. The number of carbonyl (C=O) groups is 1. The van der Waals surface area contributed by atoms with Gasteiger partial charge < -0.3 is 5.32 Å². The van der Waals surface area contributed by atoms with Gasteiger partial charge in [0.05, 0.1) is 9.77 Å². The topological polar surface area (TPSA) is 46.9 Å². The lowest BCUT2D eigenvalue weighted by Crippen LogP contribution is -2.29. The highest BCUT2D eigenvalue weighted by Gasteiger charge is 2.21. The largest absolute Gasteiger partial charge is 0.354 e. The van der Waals surface area contributed by atoms with E-state index in [1.807, 2.05) is 6.20 Å². The third-order valence-corrected chi connectivity index (χ3v) is 2.75. The van der Waals surface area contributed by atoms with Crippen LogP contribution in [-0.4, -0.2) is 22.2 Å². The van der Waals surface area contributed by atoms with Crippen molar-refractivity contribution in [2.45, 2.75) is 19.4 Å². The van der Waals surface area contributed by atoms with Gasteiger partial charge in [0.1, 0.15) is 6.54 Å². The van der Waals surface area contributed by atoms with Crippen molar-refractivity contribution in [2.75, 3.05) is 6.54 Å². The molecule has 5 heteroatoms. The molecular weight excluding hydrogens is 293 g/mol. The molecule has 0 aromatic carbocycles. The van der Waals surface area contributed by atoms with Crippen LogP contribution in [0.5, 0.6) is 0 Å². The molecule has 76 valence electrons. The molecule has 1 aliphatic carbocycles. The predicted octanol–water partition coefficient (Wildman–Crippen LogP) is 1.01. The van der Waals surface area contributed by atoms with Gasteiger partial charge in [0.15, 0.2) is 0 Å². The van der Waals surface area contributed by atoms with Crippen LogP contribution in [0.1, 0.15) is 12.8 Å². The van der Waals surface area contributed by atoms with Gasteiger partial charge in [0.2, 0.25) is 5.91 Å². The Morgan fingerprint density at radius 3 is 3.07 bits per heavy atom. The van der Waals surface area contributed by atoms with Gasteiger partial charge in [-0.3, -0.25) is 9.48 Å². The molecule has 0 spiro atoms. The first-order valence-electron chi connectivity index (χ1n) is 4.68. The number of carbonyl (C=O) groups excluding carboxylic acids is 1. The van der Waals surface area contributed by atoms with E-state index in [2.05, 4.69) is 33.0 Å². The molecule has 4 nitrogen and oxygen atoms in total. The maximum Gasteiger partial charge on any atom is 0.241 e. The van der Waals surface area contributed by atoms with Gasteiger partial charge in [0.25, 0.3) is 0 Å². The van der Waals surface area contributed by atoms with Crippen LogP contribution in [0.2, 0.25) is 0 Å². The summed E-state index contributed by atoms with van der Waals surface area (Å²) >= 11 is 2.17. The van der Waals surface area contributed by atoms with Crippen molar-refractivity contribution < 1.29 is 4.79 Å². The van der Waals surface area contributed by atoms with E-state index in [4.69, 9.17) is 0 Å². The molecule has 0 atom stereocenters. The third kappa shape index (κ3) is 2.97. The Morgan fingerprint density at radius 2 is 2.50 bits per heavy atom. The summed E-state index contributed by atoms with van der Waals surface area (Å²) in [6.45, 7) is 1.16. The van der Waals surface area contributed by atoms with Crippen LogP contribution in [0.15, 0.2) is 12.4 Å². The van der Waals surface area contributed by atoms with Crippen molar-refractivity contribution in [3.05, 3.63) is 16.0 Å². The smallest absolute Gasteiger partial charge is 0.241 e. The number of hydrogen-bond acceptors (Lipinski definition) is 2. The lowest BCUT2D eigenvalue weighted by atomic mass is 10.4. The number of amides is 1. The molecule has 1 N–H and O–H groups in total. The van der Waals surface area contributed by atoms with E-state index in [9.17, 15) is 4.79 Å². The van der Waals surface area contributed by atoms with Crippen LogP contribution in [0, 0.1) is 9.49 Å². The fourth-order valence-corrected chi connectivity index (χ4v) is 1.65. The third-order valence-electron chi connectivity index (χ3n) is 2.19. The molecule has 0 aliphatic heterocycles. The van der Waals surface area contributed by atoms with E-state index < -0.39 is 0 Å². The molecule has 1 saturated carbocycles. The van der Waals surface area contributed by atoms with Crippen LogP contribution < -0.4 is 5.32 Å². The summed E-state index contributed by atoms with van der Waals surface area (Å²) in [6.07, 6.45) is 6.13. The van der Waals surface area contributed by atoms with E-state index >= 15 is 0 Å². The fraction of sp³-hybridized carbons (Fsp3) is 0.556. The molecule has 1 heterocycles. The quantitative estimate of drug-likeness (QED) is 0.844. The number of rotatable bonds is 4. The van der Waals surface area contributed by atoms with Crippen molar-refractivity contribution in [3.8, 4) is 0 Å². The monoisotopic (exact) mass is 305 g/mol. The SMILES string of the molecule is O=C(Cn1cc(I)cn1)NCC1CC1. The number of aromatic nitrogens is 2. The Labute approximate surface area is 96.2 Å². The first-order valence-corrected chi connectivity index (χ1v) is 5.76. The lowest BCUT2D eigenvalue weighted by Gasteiger charge is -2.03. The van der Waals surface area contributed by atoms with Gasteiger partial charge in [-0.2, -0.15) is 5.10 Å². The Kier molecular flexibility index (Phi) is 3.05. The van der Waals surface area contributed by atoms with Crippen LogP contribution in [0.25, 0.3) is 0 Å². The second-order valence-corrected chi connectivity index (χ2v) is 4.85. The fourth-order valence-electron chi connectivity index (χ4n) is 1.21. The zero-order chi connectivity index (χ0) is 9.97. The summed E-state index contributed by atoms with van der Waals surface area (Å²) < 4.78 is 2.71.